The molecule has 0 aliphatic carbocycles. The van der Waals surface area contributed by atoms with Crippen LogP contribution in [0.2, 0.25) is 0 Å². The maximum Gasteiger partial charge on any atom is 0.327 e. The van der Waals surface area contributed by atoms with Gasteiger partial charge in [0.25, 0.3) is 5.91 Å². The van der Waals surface area contributed by atoms with Gasteiger partial charge in [-0.05, 0) is 39.8 Å². The Labute approximate surface area is 95.8 Å². The molecule has 2 rings (SSSR count). The Morgan fingerprint density at radius 1 is 1.19 bits per heavy atom. The average molecular weight is 225 g/mol. The van der Waals surface area contributed by atoms with Gasteiger partial charge in [0.1, 0.15) is 5.54 Å². The van der Waals surface area contributed by atoms with Crippen molar-refractivity contribution in [1.82, 2.24) is 15.1 Å². The lowest BCUT2D eigenvalue weighted by Crippen LogP contribution is -2.55. The summed E-state index contributed by atoms with van der Waals surface area (Å²) in [6.07, 6.45) is 1.48. The van der Waals surface area contributed by atoms with Crippen LogP contribution in [0.25, 0.3) is 0 Å². The van der Waals surface area contributed by atoms with E-state index < -0.39 is 5.54 Å². The Hall–Kier alpha value is -1.10. The summed E-state index contributed by atoms with van der Waals surface area (Å²) in [6, 6.07) is -0.114. The highest BCUT2D eigenvalue weighted by Crippen LogP contribution is 2.35. The highest BCUT2D eigenvalue weighted by Gasteiger charge is 2.55. The third-order valence-electron chi connectivity index (χ3n) is 3.68. The molecule has 5 nitrogen and oxygen atoms in total. The van der Waals surface area contributed by atoms with E-state index in [1.807, 2.05) is 13.8 Å². The molecule has 2 heterocycles. The van der Waals surface area contributed by atoms with E-state index in [1.165, 1.54) is 4.90 Å². The summed E-state index contributed by atoms with van der Waals surface area (Å²) in [6.45, 7) is 6.50. The van der Waals surface area contributed by atoms with Gasteiger partial charge in [0.05, 0.1) is 0 Å². The minimum absolute atomic E-state index is 0.00310. The molecule has 0 aromatic rings. The van der Waals surface area contributed by atoms with Crippen molar-refractivity contribution in [3.8, 4) is 0 Å². The van der Waals surface area contributed by atoms with E-state index in [0.29, 0.717) is 13.1 Å². The first-order valence-corrected chi connectivity index (χ1v) is 6.01. The van der Waals surface area contributed by atoms with Crippen molar-refractivity contribution in [2.45, 2.75) is 32.2 Å². The molecule has 1 N–H and O–H groups in total. The van der Waals surface area contributed by atoms with Crippen molar-refractivity contribution >= 4 is 11.9 Å². The lowest BCUT2D eigenvalue weighted by Gasteiger charge is -2.37. The molecule has 0 atom stereocenters. The van der Waals surface area contributed by atoms with Gasteiger partial charge in [-0.2, -0.15) is 0 Å². The van der Waals surface area contributed by atoms with Crippen molar-refractivity contribution in [2.24, 2.45) is 0 Å². The Morgan fingerprint density at radius 3 is 2.31 bits per heavy atom. The summed E-state index contributed by atoms with van der Waals surface area (Å²) in [4.78, 5) is 27.5. The van der Waals surface area contributed by atoms with E-state index in [4.69, 9.17) is 0 Å². The van der Waals surface area contributed by atoms with Crippen LogP contribution >= 0.6 is 0 Å². The number of hydrogen-bond acceptors (Lipinski definition) is 3. The van der Waals surface area contributed by atoms with E-state index in [0.717, 1.165) is 25.9 Å². The molecule has 1 spiro atoms. The van der Waals surface area contributed by atoms with Crippen LogP contribution in [-0.4, -0.2) is 53.5 Å². The first-order chi connectivity index (χ1) is 7.67. The van der Waals surface area contributed by atoms with Crippen molar-refractivity contribution in [2.75, 3.05) is 26.2 Å². The zero-order chi connectivity index (χ0) is 11.8. The van der Waals surface area contributed by atoms with Crippen molar-refractivity contribution in [3.63, 3.8) is 0 Å². The molecule has 0 bridgehead atoms. The number of likely N-dealkylation sites (N-methyl/N-ethyl adjacent to an activating group) is 2. The molecule has 5 heteroatoms. The van der Waals surface area contributed by atoms with Crippen LogP contribution in [0.4, 0.5) is 4.79 Å². The molecule has 3 amide bonds. The lowest BCUT2D eigenvalue weighted by molar-refractivity contribution is -0.134. The number of imide groups is 1. The SMILES string of the molecule is CCN1C(=O)N(CC)C2(CCNCC2)C1=O. The molecule has 0 aromatic heterocycles. The van der Waals surface area contributed by atoms with Crippen LogP contribution in [0, 0.1) is 0 Å². The third kappa shape index (κ3) is 1.34. The van der Waals surface area contributed by atoms with Gasteiger partial charge in [0, 0.05) is 13.1 Å². The fraction of sp³-hybridized carbons (Fsp3) is 0.818. The number of nitrogens with zero attached hydrogens (tertiary/aromatic N) is 2. The Kier molecular flexibility index (Phi) is 2.88. The summed E-state index contributed by atoms with van der Waals surface area (Å²) in [7, 11) is 0. The van der Waals surface area contributed by atoms with E-state index in [9.17, 15) is 9.59 Å². The number of hydrogen-bond donors (Lipinski definition) is 1. The van der Waals surface area contributed by atoms with Crippen LogP contribution in [0.1, 0.15) is 26.7 Å². The first kappa shape index (κ1) is 11.4. The molecule has 2 aliphatic heterocycles. The highest BCUT2D eigenvalue weighted by atomic mass is 16.2. The second kappa shape index (κ2) is 4.05. The number of piperidine rings is 1. The predicted molar refractivity (Wildman–Crippen MR) is 60.0 cm³/mol. The molecule has 90 valence electrons. The topological polar surface area (TPSA) is 52.7 Å². The molecule has 2 saturated heterocycles. The summed E-state index contributed by atoms with van der Waals surface area (Å²) >= 11 is 0. The number of carbonyl (C=O) groups excluding carboxylic acids is 2. The fourth-order valence-electron chi connectivity index (χ4n) is 2.82. The molecule has 0 saturated carbocycles. The minimum atomic E-state index is -0.549. The van der Waals surface area contributed by atoms with Gasteiger partial charge in [-0.25, -0.2) is 4.79 Å². The zero-order valence-corrected chi connectivity index (χ0v) is 9.95. The minimum Gasteiger partial charge on any atom is -0.317 e. The summed E-state index contributed by atoms with van der Waals surface area (Å²) in [5.74, 6) is 0.00310. The summed E-state index contributed by atoms with van der Waals surface area (Å²) in [5, 5.41) is 3.24. The maximum absolute atomic E-state index is 12.3. The summed E-state index contributed by atoms with van der Waals surface area (Å²) in [5.41, 5.74) is -0.549. The van der Waals surface area contributed by atoms with Crippen molar-refractivity contribution < 1.29 is 9.59 Å². The van der Waals surface area contributed by atoms with Gasteiger partial charge < -0.3 is 10.2 Å². The smallest absolute Gasteiger partial charge is 0.317 e. The third-order valence-corrected chi connectivity index (χ3v) is 3.68. The first-order valence-electron chi connectivity index (χ1n) is 6.01. The van der Waals surface area contributed by atoms with E-state index >= 15 is 0 Å². The average Bonchev–Trinajstić information content (AvgIpc) is 2.49. The summed E-state index contributed by atoms with van der Waals surface area (Å²) < 4.78 is 0. The van der Waals surface area contributed by atoms with Crippen LogP contribution in [-0.2, 0) is 4.79 Å². The second-order valence-electron chi connectivity index (χ2n) is 4.36. The van der Waals surface area contributed by atoms with Gasteiger partial charge in [-0.3, -0.25) is 9.69 Å². The normalized spacial score (nSPS) is 24.6. The molecular formula is C11H19N3O2. The number of amides is 3. The molecule has 16 heavy (non-hydrogen) atoms. The largest absolute Gasteiger partial charge is 0.327 e. The molecule has 2 aliphatic rings. The van der Waals surface area contributed by atoms with Gasteiger partial charge in [0.15, 0.2) is 0 Å². The highest BCUT2D eigenvalue weighted by molar-refractivity contribution is 6.07. The van der Waals surface area contributed by atoms with Crippen LogP contribution in [0.3, 0.4) is 0 Å². The van der Waals surface area contributed by atoms with Gasteiger partial charge >= 0.3 is 6.03 Å². The molecular weight excluding hydrogens is 206 g/mol. The number of carbonyl (C=O) groups is 2. The fourth-order valence-corrected chi connectivity index (χ4v) is 2.82. The maximum atomic E-state index is 12.3. The second-order valence-corrected chi connectivity index (χ2v) is 4.36. The quantitative estimate of drug-likeness (QED) is 0.693. The predicted octanol–water partition coefficient (Wildman–Crippen LogP) is 0.413. The molecule has 2 fully saturated rings. The molecule has 0 aromatic carbocycles. The number of urea groups is 1. The van der Waals surface area contributed by atoms with Gasteiger partial charge in [0.2, 0.25) is 0 Å². The van der Waals surface area contributed by atoms with E-state index in [-0.39, 0.29) is 11.9 Å². The standard InChI is InChI=1S/C11H19N3O2/c1-3-13-9(15)11(5-7-12-8-6-11)14(4-2)10(13)16/h12H,3-8H2,1-2H3. The Balaban J connectivity index is 2.34. The zero-order valence-electron chi connectivity index (χ0n) is 9.95. The van der Waals surface area contributed by atoms with E-state index in [2.05, 4.69) is 5.32 Å². The molecule has 0 radical (unpaired) electrons. The van der Waals surface area contributed by atoms with Crippen LogP contribution < -0.4 is 5.32 Å². The Morgan fingerprint density at radius 2 is 1.81 bits per heavy atom. The lowest BCUT2D eigenvalue weighted by atomic mass is 9.87. The number of nitrogens with one attached hydrogen (secondary N) is 1. The van der Waals surface area contributed by atoms with E-state index in [1.54, 1.807) is 4.90 Å². The number of rotatable bonds is 2. The van der Waals surface area contributed by atoms with Gasteiger partial charge in [-0.15, -0.1) is 0 Å². The van der Waals surface area contributed by atoms with Crippen LogP contribution in [0.5, 0.6) is 0 Å². The van der Waals surface area contributed by atoms with Gasteiger partial charge in [-0.1, -0.05) is 0 Å². The van der Waals surface area contributed by atoms with Crippen LogP contribution in [0.15, 0.2) is 0 Å². The van der Waals surface area contributed by atoms with Crippen molar-refractivity contribution in [1.29, 1.82) is 0 Å². The Bertz CT molecular complexity index is 310. The van der Waals surface area contributed by atoms with Crippen molar-refractivity contribution in [3.05, 3.63) is 0 Å². The monoisotopic (exact) mass is 225 g/mol. The molecule has 0 unspecified atom stereocenters.